The molecule has 102 valence electrons. The van der Waals surface area contributed by atoms with Gasteiger partial charge in [0.1, 0.15) is 0 Å². The summed E-state index contributed by atoms with van der Waals surface area (Å²) in [6.45, 7) is 3.39. The summed E-state index contributed by atoms with van der Waals surface area (Å²) in [6, 6.07) is 6.55. The largest absolute Gasteiger partial charge is 0.380 e. The van der Waals surface area contributed by atoms with Crippen LogP contribution in [-0.2, 0) is 19.0 Å². The van der Waals surface area contributed by atoms with Crippen molar-refractivity contribution in [1.82, 2.24) is 0 Å². The highest BCUT2D eigenvalue weighted by Gasteiger charge is 2.14. The van der Waals surface area contributed by atoms with Crippen molar-refractivity contribution in [2.24, 2.45) is 5.73 Å². The molecule has 2 N–H and O–H groups in total. The van der Waals surface area contributed by atoms with Crippen molar-refractivity contribution in [3.8, 4) is 0 Å². The molecule has 1 aromatic carbocycles. The summed E-state index contributed by atoms with van der Waals surface area (Å²) in [5.41, 5.74) is 6.25. The molecule has 0 aliphatic heterocycles. The summed E-state index contributed by atoms with van der Waals surface area (Å²) >= 11 is 0. The Labute approximate surface area is 108 Å². The summed E-state index contributed by atoms with van der Waals surface area (Å²) in [7, 11) is -3.65. The van der Waals surface area contributed by atoms with Gasteiger partial charge in [-0.25, -0.2) is 0 Å². The third-order valence-corrected chi connectivity index (χ3v) is 3.57. The van der Waals surface area contributed by atoms with Crippen LogP contribution in [0.15, 0.2) is 29.2 Å². The van der Waals surface area contributed by atoms with Crippen LogP contribution in [0.4, 0.5) is 0 Å². The average Bonchev–Trinajstić information content (AvgIpc) is 2.34. The molecule has 1 rings (SSSR count). The minimum Gasteiger partial charge on any atom is -0.380 e. The monoisotopic (exact) mass is 273 g/mol. The van der Waals surface area contributed by atoms with Crippen LogP contribution in [0, 0.1) is 6.92 Å². The first-order valence-corrected chi connectivity index (χ1v) is 7.21. The first-order chi connectivity index (χ1) is 8.56. The van der Waals surface area contributed by atoms with Crippen molar-refractivity contribution in [3.63, 3.8) is 0 Å². The van der Waals surface area contributed by atoms with E-state index in [2.05, 4.69) is 0 Å². The van der Waals surface area contributed by atoms with Gasteiger partial charge in [-0.1, -0.05) is 17.7 Å². The van der Waals surface area contributed by atoms with Crippen molar-refractivity contribution in [2.75, 3.05) is 26.4 Å². The van der Waals surface area contributed by atoms with Crippen molar-refractivity contribution in [3.05, 3.63) is 29.8 Å². The Morgan fingerprint density at radius 3 is 2.39 bits per heavy atom. The average molecular weight is 273 g/mol. The minimum absolute atomic E-state index is 0.112. The lowest BCUT2D eigenvalue weighted by Gasteiger charge is -2.06. The van der Waals surface area contributed by atoms with Crippen molar-refractivity contribution in [2.45, 2.75) is 18.2 Å². The van der Waals surface area contributed by atoms with Crippen LogP contribution in [0.2, 0.25) is 0 Å². The van der Waals surface area contributed by atoms with E-state index in [0.29, 0.717) is 26.2 Å². The fraction of sp³-hybridized carbons (Fsp3) is 0.500. The zero-order valence-corrected chi connectivity index (χ0v) is 11.3. The Morgan fingerprint density at radius 2 is 1.78 bits per heavy atom. The summed E-state index contributed by atoms with van der Waals surface area (Å²) in [5.74, 6) is 0. The molecule has 0 aliphatic carbocycles. The van der Waals surface area contributed by atoms with Gasteiger partial charge >= 0.3 is 0 Å². The molecule has 0 saturated carbocycles. The number of rotatable bonds is 8. The van der Waals surface area contributed by atoms with Gasteiger partial charge in [0.25, 0.3) is 10.1 Å². The number of hydrogen-bond acceptors (Lipinski definition) is 5. The van der Waals surface area contributed by atoms with Crippen molar-refractivity contribution < 1.29 is 17.3 Å². The fourth-order valence-electron chi connectivity index (χ4n) is 1.29. The lowest BCUT2D eigenvalue weighted by Crippen LogP contribution is -2.12. The quantitative estimate of drug-likeness (QED) is 0.566. The smallest absolute Gasteiger partial charge is 0.296 e. The van der Waals surface area contributed by atoms with E-state index >= 15 is 0 Å². The summed E-state index contributed by atoms with van der Waals surface area (Å²) in [5, 5.41) is 0. The topological polar surface area (TPSA) is 78.6 Å². The summed E-state index contributed by atoms with van der Waals surface area (Å²) in [4.78, 5) is 0.177. The molecule has 0 aromatic heterocycles. The van der Waals surface area contributed by atoms with Gasteiger partial charge in [0, 0.05) is 13.2 Å². The second-order valence-corrected chi connectivity index (χ2v) is 5.46. The molecule has 6 heteroatoms. The second kappa shape index (κ2) is 7.48. The van der Waals surface area contributed by atoms with Crippen LogP contribution in [-0.4, -0.2) is 34.8 Å². The molecule has 0 bridgehead atoms. The maximum absolute atomic E-state index is 11.7. The summed E-state index contributed by atoms with van der Waals surface area (Å²) < 4.78 is 33.5. The van der Waals surface area contributed by atoms with Gasteiger partial charge in [-0.3, -0.25) is 4.18 Å². The normalized spacial score (nSPS) is 11.7. The molecule has 0 saturated heterocycles. The number of aryl methyl sites for hydroxylation is 1. The Morgan fingerprint density at radius 1 is 1.11 bits per heavy atom. The molecule has 0 radical (unpaired) electrons. The lowest BCUT2D eigenvalue weighted by molar-refractivity contribution is 0.126. The minimum atomic E-state index is -3.65. The van der Waals surface area contributed by atoms with Crippen LogP contribution in [0.5, 0.6) is 0 Å². The van der Waals surface area contributed by atoms with Crippen LogP contribution < -0.4 is 5.73 Å². The summed E-state index contributed by atoms with van der Waals surface area (Å²) in [6.07, 6.45) is 0.519. The molecule has 5 nitrogen and oxygen atoms in total. The van der Waals surface area contributed by atoms with E-state index in [-0.39, 0.29) is 11.5 Å². The number of nitrogens with two attached hydrogens (primary N) is 1. The highest BCUT2D eigenvalue weighted by Crippen LogP contribution is 2.13. The third kappa shape index (κ3) is 5.14. The predicted octanol–water partition coefficient (Wildman–Crippen LogP) is 1.07. The number of ether oxygens (including phenoxy) is 1. The highest BCUT2D eigenvalue weighted by atomic mass is 32.2. The van der Waals surface area contributed by atoms with Gasteiger partial charge < -0.3 is 10.5 Å². The molecule has 0 spiro atoms. The fourth-order valence-corrected chi connectivity index (χ4v) is 2.23. The standard InChI is InChI=1S/C12H19NO4S/c1-11-3-5-12(6-4-11)18(14,15)17-9-2-8-16-10-7-13/h3-6H,2,7-10,13H2,1H3. The zero-order valence-electron chi connectivity index (χ0n) is 10.5. The molecule has 0 atom stereocenters. The Bertz CT molecular complexity index is 442. The van der Waals surface area contributed by atoms with Gasteiger partial charge in [-0.15, -0.1) is 0 Å². The van der Waals surface area contributed by atoms with Crippen LogP contribution >= 0.6 is 0 Å². The Balaban J connectivity index is 2.38. The molecule has 0 unspecified atom stereocenters. The van der Waals surface area contributed by atoms with E-state index < -0.39 is 10.1 Å². The second-order valence-electron chi connectivity index (χ2n) is 3.84. The molecule has 1 aromatic rings. The van der Waals surface area contributed by atoms with E-state index in [0.717, 1.165) is 5.56 Å². The van der Waals surface area contributed by atoms with E-state index in [1.165, 1.54) is 12.1 Å². The zero-order chi connectivity index (χ0) is 13.4. The van der Waals surface area contributed by atoms with Gasteiger partial charge in [-0.2, -0.15) is 8.42 Å². The van der Waals surface area contributed by atoms with E-state index in [1.54, 1.807) is 12.1 Å². The van der Waals surface area contributed by atoms with Crippen LogP contribution in [0.1, 0.15) is 12.0 Å². The van der Waals surface area contributed by atoms with Crippen LogP contribution in [0.3, 0.4) is 0 Å². The maximum Gasteiger partial charge on any atom is 0.296 e. The van der Waals surface area contributed by atoms with E-state index in [4.69, 9.17) is 14.7 Å². The van der Waals surface area contributed by atoms with Crippen molar-refractivity contribution >= 4 is 10.1 Å². The molecule has 18 heavy (non-hydrogen) atoms. The number of hydrogen-bond donors (Lipinski definition) is 1. The van der Waals surface area contributed by atoms with E-state index in [1.807, 2.05) is 6.92 Å². The Kier molecular flexibility index (Phi) is 6.28. The molecule has 0 fully saturated rings. The van der Waals surface area contributed by atoms with Gasteiger partial charge in [0.05, 0.1) is 18.1 Å². The van der Waals surface area contributed by atoms with Crippen LogP contribution in [0.25, 0.3) is 0 Å². The third-order valence-electron chi connectivity index (χ3n) is 2.24. The first-order valence-electron chi connectivity index (χ1n) is 5.80. The lowest BCUT2D eigenvalue weighted by atomic mass is 10.2. The molecular weight excluding hydrogens is 254 g/mol. The van der Waals surface area contributed by atoms with Gasteiger partial charge in [-0.05, 0) is 25.5 Å². The number of benzene rings is 1. The molecular formula is C12H19NO4S. The SMILES string of the molecule is Cc1ccc(S(=O)(=O)OCCCOCCN)cc1. The first kappa shape index (κ1) is 15.1. The molecule has 0 heterocycles. The van der Waals surface area contributed by atoms with E-state index in [9.17, 15) is 8.42 Å². The van der Waals surface area contributed by atoms with Crippen molar-refractivity contribution in [1.29, 1.82) is 0 Å². The van der Waals surface area contributed by atoms with Gasteiger partial charge in [0.2, 0.25) is 0 Å². The van der Waals surface area contributed by atoms with Gasteiger partial charge in [0.15, 0.2) is 0 Å². The Hall–Kier alpha value is -0.950. The highest BCUT2D eigenvalue weighted by molar-refractivity contribution is 7.86. The molecule has 0 aliphatic rings. The maximum atomic E-state index is 11.7. The predicted molar refractivity (Wildman–Crippen MR) is 68.8 cm³/mol. The molecule has 0 amide bonds.